The van der Waals surface area contributed by atoms with Crippen LogP contribution >= 0.6 is 27.3 Å². The van der Waals surface area contributed by atoms with E-state index in [2.05, 4.69) is 20.7 Å². The lowest BCUT2D eigenvalue weighted by Gasteiger charge is -2.26. The Balaban J connectivity index is 2.38. The second-order valence-corrected chi connectivity index (χ2v) is 9.53. The molecule has 2 rings (SSSR count). The molecule has 0 unspecified atom stereocenters. The lowest BCUT2D eigenvalue weighted by Crippen LogP contribution is -2.42. The number of halogens is 1. The maximum atomic E-state index is 12.9. The Morgan fingerprint density at radius 1 is 1.48 bits per heavy atom. The molecule has 0 atom stereocenters. The van der Waals surface area contributed by atoms with Crippen molar-refractivity contribution in [2.24, 2.45) is 0 Å². The normalized spacial score (nSPS) is 16.6. The Labute approximate surface area is 137 Å². The minimum absolute atomic E-state index is 0.118. The van der Waals surface area contributed by atoms with E-state index in [1.54, 1.807) is 13.0 Å². The summed E-state index contributed by atoms with van der Waals surface area (Å²) in [5.41, 5.74) is 0. The SMILES string of the molecule is COC(=O)CN(C1CCCC1)S(=O)(=O)c1cc(Br)sc1C. The number of nitrogens with zero attached hydrogens (tertiary/aromatic N) is 1. The molecule has 0 N–H and O–H groups in total. The van der Waals surface area contributed by atoms with E-state index in [0.717, 1.165) is 34.3 Å². The number of rotatable bonds is 5. The average Bonchev–Trinajstić information content (AvgIpc) is 3.05. The van der Waals surface area contributed by atoms with Crippen molar-refractivity contribution < 1.29 is 17.9 Å². The number of hydrogen-bond acceptors (Lipinski definition) is 5. The van der Waals surface area contributed by atoms with E-state index in [0.29, 0.717) is 0 Å². The minimum Gasteiger partial charge on any atom is -0.468 e. The standard InChI is InChI=1S/C13H18BrNO4S2/c1-9-11(7-12(14)20-9)21(17,18)15(8-13(16)19-2)10-5-3-4-6-10/h7,10H,3-6,8H2,1-2H3. The summed E-state index contributed by atoms with van der Waals surface area (Å²) in [7, 11) is -2.41. The van der Waals surface area contributed by atoms with Gasteiger partial charge in [0.05, 0.1) is 15.8 Å². The fourth-order valence-corrected chi connectivity index (χ4v) is 6.62. The summed E-state index contributed by atoms with van der Waals surface area (Å²) in [6.45, 7) is 1.55. The summed E-state index contributed by atoms with van der Waals surface area (Å²) in [4.78, 5) is 12.6. The van der Waals surface area contributed by atoms with Crippen molar-refractivity contribution in [3.8, 4) is 0 Å². The molecule has 0 bridgehead atoms. The Kier molecular flexibility index (Phi) is 5.45. The zero-order chi connectivity index (χ0) is 15.6. The van der Waals surface area contributed by atoms with Gasteiger partial charge in [-0.15, -0.1) is 11.3 Å². The van der Waals surface area contributed by atoms with Gasteiger partial charge < -0.3 is 4.74 Å². The lowest BCUT2D eigenvalue weighted by atomic mass is 10.2. The molecule has 0 aromatic carbocycles. The molecule has 1 fully saturated rings. The van der Waals surface area contributed by atoms with Crippen LogP contribution in [-0.2, 0) is 19.6 Å². The maximum absolute atomic E-state index is 12.9. The Morgan fingerprint density at radius 3 is 2.57 bits per heavy atom. The Morgan fingerprint density at radius 2 is 2.10 bits per heavy atom. The first kappa shape index (κ1) is 16.9. The zero-order valence-electron chi connectivity index (χ0n) is 12.0. The van der Waals surface area contributed by atoms with Crippen molar-refractivity contribution >= 4 is 43.3 Å². The lowest BCUT2D eigenvalue weighted by molar-refractivity contribution is -0.141. The van der Waals surface area contributed by atoms with E-state index >= 15 is 0 Å². The van der Waals surface area contributed by atoms with Crippen LogP contribution in [0.15, 0.2) is 14.7 Å². The molecule has 0 saturated heterocycles. The topological polar surface area (TPSA) is 63.7 Å². The van der Waals surface area contributed by atoms with Crippen LogP contribution in [0.2, 0.25) is 0 Å². The second-order valence-electron chi connectivity index (χ2n) is 5.04. The second kappa shape index (κ2) is 6.76. The quantitative estimate of drug-likeness (QED) is 0.718. The predicted molar refractivity (Wildman–Crippen MR) is 84.9 cm³/mol. The van der Waals surface area contributed by atoms with Gasteiger partial charge in [-0.05, 0) is 41.8 Å². The molecule has 1 saturated carbocycles. The van der Waals surface area contributed by atoms with E-state index in [1.807, 2.05) is 0 Å². The van der Waals surface area contributed by atoms with E-state index in [9.17, 15) is 13.2 Å². The summed E-state index contributed by atoms with van der Waals surface area (Å²) in [6.07, 6.45) is 3.56. The number of hydrogen-bond donors (Lipinski definition) is 0. The molecule has 1 aromatic rings. The van der Waals surface area contributed by atoms with Crippen molar-refractivity contribution in [2.45, 2.75) is 43.5 Å². The van der Waals surface area contributed by atoms with Crippen LogP contribution < -0.4 is 0 Å². The molecule has 1 aliphatic rings. The maximum Gasteiger partial charge on any atom is 0.321 e. The molecule has 8 heteroatoms. The van der Waals surface area contributed by atoms with Gasteiger partial charge in [0.15, 0.2) is 0 Å². The largest absolute Gasteiger partial charge is 0.468 e. The summed E-state index contributed by atoms with van der Waals surface area (Å²) in [5, 5.41) is 0. The number of carbonyl (C=O) groups excluding carboxylic acids is 1. The molecule has 1 aliphatic carbocycles. The van der Waals surface area contributed by atoms with E-state index < -0.39 is 16.0 Å². The number of ether oxygens (including phenoxy) is 1. The van der Waals surface area contributed by atoms with E-state index in [-0.39, 0.29) is 17.5 Å². The van der Waals surface area contributed by atoms with Gasteiger partial charge in [0.25, 0.3) is 0 Å². The van der Waals surface area contributed by atoms with Gasteiger partial charge in [-0.1, -0.05) is 12.8 Å². The zero-order valence-corrected chi connectivity index (χ0v) is 15.2. The third-order valence-corrected chi connectivity index (χ3v) is 7.38. The third-order valence-electron chi connectivity index (χ3n) is 3.67. The van der Waals surface area contributed by atoms with E-state index in [1.165, 1.54) is 22.8 Å². The first-order valence-corrected chi connectivity index (χ1v) is 9.76. The molecule has 1 aromatic heterocycles. The smallest absolute Gasteiger partial charge is 0.321 e. The van der Waals surface area contributed by atoms with Gasteiger partial charge in [-0.3, -0.25) is 4.79 Å². The van der Waals surface area contributed by atoms with E-state index in [4.69, 9.17) is 0 Å². The van der Waals surface area contributed by atoms with Crippen LogP contribution in [-0.4, -0.2) is 38.4 Å². The molecular weight excluding hydrogens is 378 g/mol. The fourth-order valence-electron chi connectivity index (χ4n) is 2.61. The van der Waals surface area contributed by atoms with Gasteiger partial charge in [-0.25, -0.2) is 8.42 Å². The van der Waals surface area contributed by atoms with Crippen molar-refractivity contribution in [2.75, 3.05) is 13.7 Å². The number of sulfonamides is 1. The van der Waals surface area contributed by atoms with Crippen molar-refractivity contribution in [1.82, 2.24) is 4.31 Å². The number of aryl methyl sites for hydroxylation is 1. The molecule has 5 nitrogen and oxygen atoms in total. The number of esters is 1. The van der Waals surface area contributed by atoms with Gasteiger partial charge in [0, 0.05) is 10.9 Å². The minimum atomic E-state index is -3.69. The van der Waals surface area contributed by atoms with Gasteiger partial charge in [0.2, 0.25) is 10.0 Å². The van der Waals surface area contributed by atoms with Crippen LogP contribution in [0.5, 0.6) is 0 Å². The molecule has 118 valence electrons. The Hall–Kier alpha value is -0.440. The molecule has 1 heterocycles. The predicted octanol–water partition coefficient (Wildman–Crippen LogP) is 2.93. The summed E-state index contributed by atoms with van der Waals surface area (Å²) >= 11 is 4.69. The number of thiophene rings is 1. The Bertz CT molecular complexity index is 620. The monoisotopic (exact) mass is 395 g/mol. The van der Waals surface area contributed by atoms with Crippen LogP contribution in [0, 0.1) is 6.92 Å². The highest BCUT2D eigenvalue weighted by Crippen LogP contribution is 2.34. The molecule has 0 radical (unpaired) electrons. The van der Waals surface area contributed by atoms with Crippen molar-refractivity contribution in [1.29, 1.82) is 0 Å². The van der Waals surface area contributed by atoms with Gasteiger partial charge >= 0.3 is 5.97 Å². The van der Waals surface area contributed by atoms with Crippen molar-refractivity contribution in [3.63, 3.8) is 0 Å². The first-order valence-electron chi connectivity index (χ1n) is 6.71. The summed E-state index contributed by atoms with van der Waals surface area (Å²) in [5.74, 6) is -0.530. The molecule has 0 amide bonds. The number of methoxy groups -OCH3 is 1. The first-order chi connectivity index (χ1) is 9.86. The molecule has 21 heavy (non-hydrogen) atoms. The molecular formula is C13H18BrNO4S2. The van der Waals surface area contributed by atoms with Crippen LogP contribution in [0.3, 0.4) is 0 Å². The van der Waals surface area contributed by atoms with Crippen LogP contribution in [0.25, 0.3) is 0 Å². The molecule has 0 aliphatic heterocycles. The summed E-state index contributed by atoms with van der Waals surface area (Å²) < 4.78 is 32.6. The highest BCUT2D eigenvalue weighted by molar-refractivity contribution is 9.11. The third kappa shape index (κ3) is 3.67. The van der Waals surface area contributed by atoms with Gasteiger partial charge in [-0.2, -0.15) is 4.31 Å². The highest BCUT2D eigenvalue weighted by Gasteiger charge is 2.36. The van der Waals surface area contributed by atoms with Crippen LogP contribution in [0.1, 0.15) is 30.6 Å². The van der Waals surface area contributed by atoms with Gasteiger partial charge in [0.1, 0.15) is 6.54 Å². The summed E-state index contributed by atoms with van der Waals surface area (Å²) in [6, 6.07) is 1.49. The average molecular weight is 396 g/mol. The van der Waals surface area contributed by atoms with Crippen LogP contribution in [0.4, 0.5) is 0 Å². The fraction of sp³-hybridized carbons (Fsp3) is 0.615. The van der Waals surface area contributed by atoms with Crippen molar-refractivity contribution in [3.05, 3.63) is 14.7 Å². The molecule has 0 spiro atoms. The number of carbonyl (C=O) groups is 1. The highest BCUT2D eigenvalue weighted by atomic mass is 79.9.